The third-order valence-corrected chi connectivity index (χ3v) is 9.99. The Morgan fingerprint density at radius 1 is 0.510 bits per heavy atom. The number of hydrogen-bond acceptors (Lipinski definition) is 5. The van der Waals surface area contributed by atoms with Gasteiger partial charge in [-0.3, -0.25) is 14.4 Å². The molecule has 0 saturated heterocycles. The first-order valence-corrected chi connectivity index (χ1v) is 21.3. The molecule has 1 amide bonds. The number of nitrogens with two attached hydrogens (primary N) is 1. The Morgan fingerprint density at radius 2 is 0.837 bits per heavy atom. The number of carbonyl (C=O) groups is 3. The van der Waals surface area contributed by atoms with Gasteiger partial charge in [0.1, 0.15) is 13.2 Å². The predicted molar refractivity (Wildman–Crippen MR) is 206 cm³/mol. The molecule has 2 N–H and O–H groups in total. The van der Waals surface area contributed by atoms with Crippen molar-refractivity contribution in [3.63, 3.8) is 0 Å². The van der Waals surface area contributed by atoms with Crippen LogP contribution in [0.1, 0.15) is 202 Å². The molecule has 0 fully saturated rings. The standard InChI is InChI=1S/C42H82N2O5/c1-7-12-16-20-22-26-30-38(28-24-18-14-9-3)41(46)48-34-32-44(40(45)36-37(6)43-11-5)33-35-49-42(47)39(29-25-19-15-10-4)31-27-23-21-17-13-8-2/h37-39,43H,7-36H2,1-6H3/p+1. The number of hydrogen-bond donors (Lipinski definition) is 1. The monoisotopic (exact) mass is 696 g/mol. The summed E-state index contributed by atoms with van der Waals surface area (Å²) in [5.41, 5.74) is 0. The first-order valence-electron chi connectivity index (χ1n) is 21.3. The molecule has 7 nitrogen and oxygen atoms in total. The molecular formula is C42H83N2O5+. The lowest BCUT2D eigenvalue weighted by Gasteiger charge is -2.25. The van der Waals surface area contributed by atoms with Crippen LogP contribution in [0.15, 0.2) is 0 Å². The Morgan fingerprint density at radius 3 is 1.18 bits per heavy atom. The van der Waals surface area contributed by atoms with Gasteiger partial charge in [-0.25, -0.2) is 0 Å². The van der Waals surface area contributed by atoms with Crippen LogP contribution in [0.3, 0.4) is 0 Å². The van der Waals surface area contributed by atoms with E-state index in [1.807, 2.05) is 0 Å². The molecular weight excluding hydrogens is 612 g/mol. The van der Waals surface area contributed by atoms with Gasteiger partial charge in [-0.15, -0.1) is 0 Å². The largest absolute Gasteiger partial charge is 0.464 e. The fourth-order valence-electron chi connectivity index (χ4n) is 6.74. The number of nitrogens with zero attached hydrogens (tertiary/aromatic N) is 1. The second kappa shape index (κ2) is 34.8. The van der Waals surface area contributed by atoms with Gasteiger partial charge in [-0.05, 0) is 39.5 Å². The summed E-state index contributed by atoms with van der Waals surface area (Å²) in [5.74, 6) is -0.327. The maximum atomic E-state index is 13.4. The van der Waals surface area contributed by atoms with Crippen molar-refractivity contribution < 1.29 is 29.2 Å². The summed E-state index contributed by atoms with van der Waals surface area (Å²) in [6.45, 7) is 15.0. The van der Waals surface area contributed by atoms with Gasteiger partial charge in [0.15, 0.2) is 0 Å². The molecule has 49 heavy (non-hydrogen) atoms. The van der Waals surface area contributed by atoms with Crippen LogP contribution in [-0.4, -0.2) is 61.6 Å². The highest BCUT2D eigenvalue weighted by Crippen LogP contribution is 2.22. The summed E-state index contributed by atoms with van der Waals surface area (Å²) in [4.78, 5) is 41.6. The van der Waals surface area contributed by atoms with E-state index in [0.29, 0.717) is 19.5 Å². The molecule has 0 heterocycles. The van der Waals surface area contributed by atoms with Crippen LogP contribution in [0.5, 0.6) is 0 Å². The highest BCUT2D eigenvalue weighted by Gasteiger charge is 2.24. The lowest BCUT2D eigenvalue weighted by molar-refractivity contribution is -0.682. The zero-order valence-electron chi connectivity index (χ0n) is 33.5. The number of amides is 1. The fraction of sp³-hybridized carbons (Fsp3) is 0.929. The topological polar surface area (TPSA) is 89.5 Å². The van der Waals surface area contributed by atoms with Gasteiger partial charge in [0.05, 0.1) is 43.9 Å². The van der Waals surface area contributed by atoms with E-state index < -0.39 is 0 Å². The molecule has 0 saturated carbocycles. The second-order valence-corrected chi connectivity index (χ2v) is 14.7. The zero-order chi connectivity index (χ0) is 36.4. The van der Waals surface area contributed by atoms with Crippen LogP contribution in [-0.2, 0) is 23.9 Å². The first kappa shape index (κ1) is 47.4. The van der Waals surface area contributed by atoms with Crippen LogP contribution >= 0.6 is 0 Å². The van der Waals surface area contributed by atoms with Crippen molar-refractivity contribution in [1.29, 1.82) is 0 Å². The van der Waals surface area contributed by atoms with Crippen molar-refractivity contribution in [1.82, 2.24) is 4.90 Å². The highest BCUT2D eigenvalue weighted by atomic mass is 16.5. The van der Waals surface area contributed by atoms with Crippen LogP contribution < -0.4 is 5.32 Å². The molecule has 3 atom stereocenters. The van der Waals surface area contributed by atoms with E-state index in [-0.39, 0.29) is 48.9 Å². The Balaban J connectivity index is 5.20. The van der Waals surface area contributed by atoms with Gasteiger partial charge in [-0.1, -0.05) is 156 Å². The van der Waals surface area contributed by atoms with Crippen molar-refractivity contribution in [3.05, 3.63) is 0 Å². The smallest absolute Gasteiger partial charge is 0.308 e. The number of quaternary nitrogens is 1. The predicted octanol–water partition coefficient (Wildman–Crippen LogP) is 9.94. The van der Waals surface area contributed by atoms with Crippen molar-refractivity contribution >= 4 is 17.8 Å². The average Bonchev–Trinajstić information content (AvgIpc) is 3.08. The van der Waals surface area contributed by atoms with Gasteiger partial charge < -0.3 is 19.7 Å². The SMILES string of the molecule is CCCCCCCCC(CCCCCC)C(=O)OCCN(CCOC(=O)C(CCCCCC)CCCCCCCC)C(=O)CC(C)[NH2+]CC. The molecule has 0 aliphatic rings. The minimum absolute atomic E-state index is 0.0238. The number of rotatable bonds is 36. The summed E-state index contributed by atoms with van der Waals surface area (Å²) in [7, 11) is 0. The fourth-order valence-corrected chi connectivity index (χ4v) is 6.74. The molecule has 290 valence electrons. The van der Waals surface area contributed by atoms with Gasteiger partial charge >= 0.3 is 11.9 Å². The number of carbonyl (C=O) groups excluding carboxylic acids is 3. The summed E-state index contributed by atoms with van der Waals surface area (Å²) in [5, 5.41) is 2.16. The van der Waals surface area contributed by atoms with Gasteiger partial charge in [-0.2, -0.15) is 0 Å². The van der Waals surface area contributed by atoms with Gasteiger partial charge in [0.25, 0.3) is 0 Å². The molecule has 0 radical (unpaired) electrons. The summed E-state index contributed by atoms with van der Waals surface area (Å²) in [6.07, 6.45) is 27.7. The molecule has 0 aromatic rings. The second-order valence-electron chi connectivity index (χ2n) is 14.7. The van der Waals surface area contributed by atoms with E-state index in [0.717, 1.165) is 70.8 Å². The highest BCUT2D eigenvalue weighted by molar-refractivity contribution is 5.77. The third-order valence-electron chi connectivity index (χ3n) is 9.99. The number of esters is 2. The third kappa shape index (κ3) is 27.7. The molecule has 7 heteroatoms. The van der Waals surface area contributed by atoms with Gasteiger partial charge in [0.2, 0.25) is 5.91 Å². The van der Waals surface area contributed by atoms with E-state index in [1.54, 1.807) is 4.90 Å². The molecule has 0 spiro atoms. The van der Waals surface area contributed by atoms with Crippen LogP contribution in [0.25, 0.3) is 0 Å². The summed E-state index contributed by atoms with van der Waals surface area (Å²) < 4.78 is 11.7. The zero-order valence-corrected chi connectivity index (χ0v) is 33.5. The van der Waals surface area contributed by atoms with E-state index in [9.17, 15) is 14.4 Å². The number of unbranched alkanes of at least 4 members (excludes halogenated alkanes) is 16. The van der Waals surface area contributed by atoms with E-state index in [4.69, 9.17) is 9.47 Å². The maximum absolute atomic E-state index is 13.4. The summed E-state index contributed by atoms with van der Waals surface area (Å²) in [6, 6.07) is 0.166. The minimum atomic E-state index is -0.114. The molecule has 0 bridgehead atoms. The van der Waals surface area contributed by atoms with Crippen molar-refractivity contribution in [2.75, 3.05) is 32.8 Å². The van der Waals surface area contributed by atoms with E-state index in [1.165, 1.54) is 89.9 Å². The first-order chi connectivity index (χ1) is 23.8. The Kier molecular flexibility index (Phi) is 33.6. The Labute approximate surface area is 304 Å². The van der Waals surface area contributed by atoms with Crippen molar-refractivity contribution in [2.45, 2.75) is 208 Å². The minimum Gasteiger partial charge on any atom is -0.464 e. The van der Waals surface area contributed by atoms with Crippen LogP contribution in [0.2, 0.25) is 0 Å². The maximum Gasteiger partial charge on any atom is 0.308 e. The molecule has 0 rings (SSSR count). The van der Waals surface area contributed by atoms with E-state index >= 15 is 0 Å². The quantitative estimate of drug-likeness (QED) is 0.0521. The Hall–Kier alpha value is -1.63. The molecule has 3 unspecified atom stereocenters. The molecule has 0 aliphatic heterocycles. The lowest BCUT2D eigenvalue weighted by atomic mass is 9.94. The van der Waals surface area contributed by atoms with E-state index in [2.05, 4.69) is 46.9 Å². The van der Waals surface area contributed by atoms with Crippen LogP contribution in [0.4, 0.5) is 0 Å². The van der Waals surface area contributed by atoms with Gasteiger partial charge in [0, 0.05) is 0 Å². The molecule has 0 aromatic carbocycles. The summed E-state index contributed by atoms with van der Waals surface area (Å²) >= 11 is 0. The average molecular weight is 696 g/mol. The van der Waals surface area contributed by atoms with Crippen molar-refractivity contribution in [2.24, 2.45) is 11.8 Å². The normalized spacial score (nSPS) is 13.2. The number of ether oxygens (including phenoxy) is 2. The Bertz CT molecular complexity index is 726. The molecule has 0 aromatic heterocycles. The van der Waals surface area contributed by atoms with Crippen molar-refractivity contribution in [3.8, 4) is 0 Å². The lowest BCUT2D eigenvalue weighted by Crippen LogP contribution is -2.89. The molecule has 0 aliphatic carbocycles. The van der Waals surface area contributed by atoms with Crippen LogP contribution in [0, 0.1) is 11.8 Å².